The lowest BCUT2D eigenvalue weighted by molar-refractivity contribution is -0.368. The first-order chi connectivity index (χ1) is 12.4. The predicted molar refractivity (Wildman–Crippen MR) is 93.3 cm³/mol. The van der Waals surface area contributed by atoms with Gasteiger partial charge in [0.05, 0.1) is 13.2 Å². The van der Waals surface area contributed by atoms with Crippen molar-refractivity contribution in [2.45, 2.75) is 63.6 Å². The number of hydrogen-bond donors (Lipinski definition) is 2. The fourth-order valence-electron chi connectivity index (χ4n) is 3.31. The molecule has 0 unspecified atom stereocenters. The second-order valence-corrected chi connectivity index (χ2v) is 7.16. The molecule has 7 heteroatoms. The van der Waals surface area contributed by atoms with Gasteiger partial charge in [0.2, 0.25) is 5.91 Å². The van der Waals surface area contributed by atoms with Crippen molar-refractivity contribution in [1.29, 1.82) is 0 Å². The lowest BCUT2D eigenvalue weighted by atomic mass is 9.95. The van der Waals surface area contributed by atoms with E-state index in [9.17, 15) is 9.90 Å². The van der Waals surface area contributed by atoms with E-state index < -0.39 is 36.4 Å². The van der Waals surface area contributed by atoms with Gasteiger partial charge in [0, 0.05) is 6.92 Å². The lowest BCUT2D eigenvalue weighted by Gasteiger charge is -2.49. The fourth-order valence-corrected chi connectivity index (χ4v) is 3.31. The van der Waals surface area contributed by atoms with Gasteiger partial charge in [-0.05, 0) is 25.8 Å². The summed E-state index contributed by atoms with van der Waals surface area (Å²) < 4.78 is 23.3. The number of aliphatic hydroxyl groups is 1. The molecule has 26 heavy (non-hydrogen) atoms. The zero-order chi connectivity index (χ0) is 18.7. The van der Waals surface area contributed by atoms with Gasteiger partial charge in [-0.15, -0.1) is 0 Å². The van der Waals surface area contributed by atoms with Crippen LogP contribution in [0.5, 0.6) is 0 Å². The Balaban J connectivity index is 1.66. The van der Waals surface area contributed by atoms with E-state index in [-0.39, 0.29) is 5.91 Å². The molecule has 3 rings (SSSR count). The Bertz CT molecular complexity index is 607. The number of ether oxygens (including phenoxy) is 4. The molecule has 1 aromatic rings. The fraction of sp³-hybridized carbons (Fsp3) is 0.632. The lowest BCUT2D eigenvalue weighted by Crippen LogP contribution is -2.68. The first-order valence-electron chi connectivity index (χ1n) is 8.94. The molecule has 2 heterocycles. The smallest absolute Gasteiger partial charge is 0.217 e. The highest BCUT2D eigenvalue weighted by molar-refractivity contribution is 5.73. The molecule has 0 saturated carbocycles. The highest BCUT2D eigenvalue weighted by Gasteiger charge is 2.51. The summed E-state index contributed by atoms with van der Waals surface area (Å²) in [6.07, 6.45) is -2.07. The van der Waals surface area contributed by atoms with Gasteiger partial charge in [-0.25, -0.2) is 0 Å². The monoisotopic (exact) mass is 365 g/mol. The van der Waals surface area contributed by atoms with E-state index in [1.807, 2.05) is 30.3 Å². The first-order valence-corrected chi connectivity index (χ1v) is 8.94. The molecule has 2 N–H and O–H groups in total. The Morgan fingerprint density at radius 1 is 1.35 bits per heavy atom. The molecular formula is C19H27NO6. The van der Waals surface area contributed by atoms with Crippen LogP contribution >= 0.6 is 0 Å². The summed E-state index contributed by atoms with van der Waals surface area (Å²) >= 11 is 0. The number of hydrogen-bond acceptors (Lipinski definition) is 6. The molecule has 2 aliphatic heterocycles. The number of benzene rings is 1. The average molecular weight is 365 g/mol. The van der Waals surface area contributed by atoms with E-state index in [2.05, 4.69) is 5.32 Å². The molecule has 0 spiro atoms. The van der Waals surface area contributed by atoms with Gasteiger partial charge in [0.15, 0.2) is 12.1 Å². The summed E-state index contributed by atoms with van der Waals surface area (Å²) in [5, 5.41) is 13.5. The van der Waals surface area contributed by atoms with Crippen molar-refractivity contribution in [2.24, 2.45) is 0 Å². The van der Waals surface area contributed by atoms with Crippen molar-refractivity contribution in [1.82, 2.24) is 5.32 Å². The maximum Gasteiger partial charge on any atom is 0.217 e. The Labute approximate surface area is 153 Å². The molecule has 0 aromatic heterocycles. The summed E-state index contributed by atoms with van der Waals surface area (Å²) in [5.74, 6) is -1.08. The van der Waals surface area contributed by atoms with Crippen LogP contribution in [0.3, 0.4) is 0 Å². The van der Waals surface area contributed by atoms with Crippen LogP contribution in [0.2, 0.25) is 0 Å². The number of amides is 1. The normalized spacial score (nSPS) is 33.3. The molecule has 144 valence electrons. The molecule has 0 aliphatic carbocycles. The highest BCUT2D eigenvalue weighted by atomic mass is 16.8. The van der Waals surface area contributed by atoms with Crippen LogP contribution in [-0.2, 0) is 30.2 Å². The summed E-state index contributed by atoms with van der Waals surface area (Å²) in [4.78, 5) is 11.6. The van der Waals surface area contributed by atoms with E-state index in [1.165, 1.54) is 6.92 Å². The summed E-state index contributed by atoms with van der Waals surface area (Å²) in [7, 11) is 0. The molecule has 7 nitrogen and oxygen atoms in total. The van der Waals surface area contributed by atoms with Gasteiger partial charge in [-0.1, -0.05) is 30.3 Å². The van der Waals surface area contributed by atoms with Crippen molar-refractivity contribution in [3.63, 3.8) is 0 Å². The minimum absolute atomic E-state index is 0.265. The van der Waals surface area contributed by atoms with Gasteiger partial charge in [0.1, 0.15) is 24.4 Å². The molecule has 0 bridgehead atoms. The van der Waals surface area contributed by atoms with Crippen molar-refractivity contribution in [3.8, 4) is 0 Å². The highest BCUT2D eigenvalue weighted by Crippen LogP contribution is 2.32. The Morgan fingerprint density at radius 3 is 2.77 bits per heavy atom. The first kappa shape index (κ1) is 19.3. The van der Waals surface area contributed by atoms with E-state index in [0.717, 1.165) is 5.56 Å². The van der Waals surface area contributed by atoms with Crippen LogP contribution < -0.4 is 5.32 Å². The van der Waals surface area contributed by atoms with Gasteiger partial charge >= 0.3 is 0 Å². The molecule has 1 amide bonds. The molecule has 2 saturated heterocycles. The topological polar surface area (TPSA) is 86.3 Å². The minimum Gasteiger partial charge on any atom is -0.388 e. The quantitative estimate of drug-likeness (QED) is 0.809. The van der Waals surface area contributed by atoms with E-state index in [0.29, 0.717) is 19.6 Å². The number of carbonyl (C=O) groups excluding carboxylic acids is 1. The van der Waals surface area contributed by atoms with Crippen LogP contribution in [0.15, 0.2) is 30.3 Å². The summed E-state index contributed by atoms with van der Waals surface area (Å²) in [6, 6.07) is 9.23. The maximum atomic E-state index is 11.6. The van der Waals surface area contributed by atoms with Crippen LogP contribution in [0.25, 0.3) is 0 Å². The largest absolute Gasteiger partial charge is 0.388 e. The third kappa shape index (κ3) is 4.61. The average Bonchev–Trinajstić information content (AvgIpc) is 2.59. The molecule has 2 fully saturated rings. The molecular weight excluding hydrogens is 338 g/mol. The molecule has 0 radical (unpaired) electrons. The molecule has 1 aromatic carbocycles. The predicted octanol–water partition coefficient (Wildman–Crippen LogP) is 0.988. The van der Waals surface area contributed by atoms with Gasteiger partial charge in [0.25, 0.3) is 0 Å². The summed E-state index contributed by atoms with van der Waals surface area (Å²) in [6.45, 7) is 5.66. The number of carbonyl (C=O) groups is 1. The third-order valence-corrected chi connectivity index (χ3v) is 4.57. The van der Waals surface area contributed by atoms with Gasteiger partial charge in [-0.3, -0.25) is 4.79 Å². The zero-order valence-electron chi connectivity index (χ0n) is 15.4. The second kappa shape index (κ2) is 8.02. The van der Waals surface area contributed by atoms with Crippen LogP contribution in [0.4, 0.5) is 0 Å². The van der Waals surface area contributed by atoms with Crippen molar-refractivity contribution in [2.75, 3.05) is 13.2 Å². The van der Waals surface area contributed by atoms with Gasteiger partial charge < -0.3 is 29.4 Å². The van der Waals surface area contributed by atoms with Crippen LogP contribution in [0, 0.1) is 0 Å². The number of rotatable bonds is 5. The Kier molecular flexibility index (Phi) is 5.94. The van der Waals surface area contributed by atoms with Crippen molar-refractivity contribution in [3.05, 3.63) is 35.9 Å². The Hall–Kier alpha value is -1.51. The third-order valence-electron chi connectivity index (χ3n) is 4.57. The van der Waals surface area contributed by atoms with E-state index in [1.54, 1.807) is 13.8 Å². The van der Waals surface area contributed by atoms with Crippen LogP contribution in [-0.4, -0.2) is 60.7 Å². The SMILES string of the molecule is CC(=O)N[C@H]1[C@@H](OCCc2ccccc2)O[C@@H]2COC(C)(C)O[C@@H]2[C@@H]1O. The number of fused-ring (bicyclic) bond motifs is 1. The standard InChI is InChI=1S/C19H27NO6/c1-12(21)20-15-16(22)17-14(11-24-19(2,3)26-17)25-18(15)23-10-9-13-7-5-4-6-8-13/h4-8,14-18,22H,9-11H2,1-3H3,(H,20,21)/t14-,15-,16-,17+,18+/m1/s1. The van der Waals surface area contributed by atoms with E-state index >= 15 is 0 Å². The van der Waals surface area contributed by atoms with E-state index in [4.69, 9.17) is 18.9 Å². The maximum absolute atomic E-state index is 11.6. The van der Waals surface area contributed by atoms with Crippen molar-refractivity contribution >= 4 is 5.91 Å². The second-order valence-electron chi connectivity index (χ2n) is 7.16. The zero-order valence-corrected chi connectivity index (χ0v) is 15.4. The molecule has 5 atom stereocenters. The Morgan fingerprint density at radius 2 is 2.08 bits per heavy atom. The van der Waals surface area contributed by atoms with Crippen molar-refractivity contribution < 1.29 is 28.8 Å². The number of nitrogens with one attached hydrogen (secondary N) is 1. The van der Waals surface area contributed by atoms with Crippen LogP contribution in [0.1, 0.15) is 26.3 Å². The summed E-state index contributed by atoms with van der Waals surface area (Å²) in [5.41, 5.74) is 1.14. The number of aliphatic hydroxyl groups excluding tert-OH is 1. The van der Waals surface area contributed by atoms with Gasteiger partial charge in [-0.2, -0.15) is 0 Å². The molecule has 2 aliphatic rings. The minimum atomic E-state index is -0.956.